The van der Waals surface area contributed by atoms with E-state index in [0.717, 1.165) is 0 Å². The number of ether oxygens (including phenoxy) is 3. The van der Waals surface area contributed by atoms with E-state index in [2.05, 4.69) is 0 Å². The van der Waals surface area contributed by atoms with Gasteiger partial charge in [-0.05, 0) is 20.8 Å². The average molecular weight is 225 g/mol. The van der Waals surface area contributed by atoms with Crippen molar-refractivity contribution in [3.63, 3.8) is 0 Å². The number of rotatable bonds is 7. The van der Waals surface area contributed by atoms with E-state index < -0.39 is 17.6 Å². The molecule has 0 aliphatic heterocycles. The molecule has 14 heavy (non-hydrogen) atoms. The lowest BCUT2D eigenvalue weighted by Gasteiger charge is -2.20. The lowest BCUT2D eigenvalue weighted by molar-refractivity contribution is -0.166. The summed E-state index contributed by atoms with van der Waals surface area (Å²) in [5, 5.41) is -0.908. The summed E-state index contributed by atoms with van der Waals surface area (Å²) in [6.45, 7) is 6.51. The standard InChI is InChI=1S/C9H17ClO4/c1-4-12-8(11)7(10)9(13-5-2)14-6-3/h7,9H,4-6H2,1-3H3. The minimum atomic E-state index is -0.908. The number of alkyl halides is 1. The molecule has 0 aromatic carbocycles. The first-order valence-corrected chi connectivity index (χ1v) is 5.14. The highest BCUT2D eigenvalue weighted by Gasteiger charge is 2.28. The van der Waals surface area contributed by atoms with Crippen molar-refractivity contribution in [1.82, 2.24) is 0 Å². The summed E-state index contributed by atoms with van der Waals surface area (Å²) in [7, 11) is 0. The predicted molar refractivity (Wildman–Crippen MR) is 53.3 cm³/mol. The molecule has 1 unspecified atom stereocenters. The monoisotopic (exact) mass is 224 g/mol. The van der Waals surface area contributed by atoms with Crippen molar-refractivity contribution in [3.05, 3.63) is 0 Å². The molecular weight excluding hydrogens is 208 g/mol. The highest BCUT2D eigenvalue weighted by molar-refractivity contribution is 6.30. The van der Waals surface area contributed by atoms with Crippen LogP contribution in [-0.4, -0.2) is 37.5 Å². The van der Waals surface area contributed by atoms with Crippen LogP contribution in [0.2, 0.25) is 0 Å². The van der Waals surface area contributed by atoms with Crippen molar-refractivity contribution in [3.8, 4) is 0 Å². The molecule has 0 amide bonds. The Morgan fingerprint density at radius 3 is 2.00 bits per heavy atom. The molecule has 4 nitrogen and oxygen atoms in total. The van der Waals surface area contributed by atoms with Crippen LogP contribution in [0.15, 0.2) is 0 Å². The first kappa shape index (κ1) is 13.7. The SMILES string of the molecule is CCOC(=O)C(Cl)C(OCC)OCC. The van der Waals surface area contributed by atoms with Gasteiger partial charge < -0.3 is 14.2 Å². The Morgan fingerprint density at radius 1 is 1.14 bits per heavy atom. The molecule has 0 spiro atoms. The first-order chi connectivity index (χ1) is 6.67. The first-order valence-electron chi connectivity index (χ1n) is 4.71. The Balaban J connectivity index is 4.11. The second-order valence-electron chi connectivity index (χ2n) is 2.43. The number of hydrogen-bond donors (Lipinski definition) is 0. The molecule has 0 heterocycles. The molecule has 0 bridgehead atoms. The molecule has 0 rings (SSSR count). The highest BCUT2D eigenvalue weighted by Crippen LogP contribution is 2.11. The predicted octanol–water partition coefficient (Wildman–Crippen LogP) is 1.56. The van der Waals surface area contributed by atoms with Gasteiger partial charge in [0.15, 0.2) is 11.7 Å². The summed E-state index contributed by atoms with van der Waals surface area (Å²) in [6, 6.07) is 0. The summed E-state index contributed by atoms with van der Waals surface area (Å²) in [5.74, 6) is -0.513. The van der Waals surface area contributed by atoms with Gasteiger partial charge in [0.05, 0.1) is 6.61 Å². The van der Waals surface area contributed by atoms with E-state index in [1.165, 1.54) is 0 Å². The van der Waals surface area contributed by atoms with Gasteiger partial charge in [0.1, 0.15) is 0 Å². The molecule has 0 saturated carbocycles. The van der Waals surface area contributed by atoms with E-state index >= 15 is 0 Å². The molecule has 0 saturated heterocycles. The number of hydrogen-bond acceptors (Lipinski definition) is 4. The van der Waals surface area contributed by atoms with Gasteiger partial charge in [0, 0.05) is 13.2 Å². The Kier molecular flexibility index (Phi) is 7.84. The quantitative estimate of drug-likeness (QED) is 0.374. The average Bonchev–Trinajstić information content (AvgIpc) is 2.17. The molecule has 84 valence electrons. The van der Waals surface area contributed by atoms with Crippen molar-refractivity contribution in [2.75, 3.05) is 19.8 Å². The number of halogens is 1. The van der Waals surface area contributed by atoms with Gasteiger partial charge in [-0.1, -0.05) is 0 Å². The summed E-state index contributed by atoms with van der Waals surface area (Å²) < 4.78 is 15.1. The van der Waals surface area contributed by atoms with Crippen molar-refractivity contribution < 1.29 is 19.0 Å². The van der Waals surface area contributed by atoms with Gasteiger partial charge in [-0.2, -0.15) is 0 Å². The van der Waals surface area contributed by atoms with Crippen molar-refractivity contribution in [1.29, 1.82) is 0 Å². The lowest BCUT2D eigenvalue weighted by atomic mass is 10.4. The van der Waals surface area contributed by atoms with Gasteiger partial charge in [0.2, 0.25) is 0 Å². The fourth-order valence-corrected chi connectivity index (χ4v) is 1.09. The third kappa shape index (κ3) is 4.79. The third-order valence-corrected chi connectivity index (χ3v) is 1.80. The van der Waals surface area contributed by atoms with Crippen LogP contribution in [0.1, 0.15) is 20.8 Å². The van der Waals surface area contributed by atoms with Gasteiger partial charge in [-0.25, -0.2) is 0 Å². The van der Waals surface area contributed by atoms with E-state index in [1.54, 1.807) is 20.8 Å². The summed E-state index contributed by atoms with van der Waals surface area (Å²) in [5.41, 5.74) is 0. The van der Waals surface area contributed by atoms with Crippen LogP contribution in [0.25, 0.3) is 0 Å². The van der Waals surface area contributed by atoms with Gasteiger partial charge >= 0.3 is 5.97 Å². The molecule has 0 aromatic rings. The highest BCUT2D eigenvalue weighted by atomic mass is 35.5. The van der Waals surface area contributed by atoms with Gasteiger partial charge in [-0.15, -0.1) is 11.6 Å². The minimum absolute atomic E-state index is 0.299. The van der Waals surface area contributed by atoms with Crippen LogP contribution in [0.4, 0.5) is 0 Å². The normalized spacial score (nSPS) is 12.9. The number of carbonyl (C=O) groups is 1. The smallest absolute Gasteiger partial charge is 0.329 e. The van der Waals surface area contributed by atoms with E-state index in [-0.39, 0.29) is 0 Å². The zero-order chi connectivity index (χ0) is 11.0. The van der Waals surface area contributed by atoms with E-state index in [4.69, 9.17) is 25.8 Å². The molecule has 0 aliphatic carbocycles. The molecule has 1 atom stereocenters. The molecule has 0 fully saturated rings. The molecule has 0 aliphatic rings. The topological polar surface area (TPSA) is 44.8 Å². The molecule has 0 aromatic heterocycles. The van der Waals surface area contributed by atoms with Gasteiger partial charge in [-0.3, -0.25) is 4.79 Å². The van der Waals surface area contributed by atoms with Crippen LogP contribution in [0.5, 0.6) is 0 Å². The molecule has 5 heteroatoms. The Bertz CT molecular complexity index is 157. The summed E-state index contributed by atoms with van der Waals surface area (Å²) >= 11 is 5.81. The summed E-state index contributed by atoms with van der Waals surface area (Å²) in [4.78, 5) is 11.2. The van der Waals surface area contributed by atoms with Crippen molar-refractivity contribution >= 4 is 17.6 Å². The Morgan fingerprint density at radius 2 is 1.64 bits per heavy atom. The van der Waals surface area contributed by atoms with E-state index in [1.807, 2.05) is 0 Å². The van der Waals surface area contributed by atoms with Crippen molar-refractivity contribution in [2.45, 2.75) is 32.4 Å². The van der Waals surface area contributed by atoms with Crippen LogP contribution in [0, 0.1) is 0 Å². The van der Waals surface area contributed by atoms with Crippen LogP contribution >= 0.6 is 11.6 Å². The largest absolute Gasteiger partial charge is 0.465 e. The lowest BCUT2D eigenvalue weighted by Crippen LogP contribution is -2.35. The second-order valence-corrected chi connectivity index (χ2v) is 2.90. The summed E-state index contributed by atoms with van der Waals surface area (Å²) in [6.07, 6.45) is -0.731. The maximum atomic E-state index is 11.2. The van der Waals surface area contributed by atoms with E-state index in [9.17, 15) is 4.79 Å². The molecule has 0 N–H and O–H groups in total. The zero-order valence-corrected chi connectivity index (χ0v) is 9.54. The van der Waals surface area contributed by atoms with Crippen LogP contribution in [0.3, 0.4) is 0 Å². The molecular formula is C9H17ClO4. The van der Waals surface area contributed by atoms with Crippen molar-refractivity contribution in [2.24, 2.45) is 0 Å². The maximum absolute atomic E-state index is 11.2. The number of esters is 1. The fourth-order valence-electron chi connectivity index (χ4n) is 0.879. The minimum Gasteiger partial charge on any atom is -0.465 e. The zero-order valence-electron chi connectivity index (χ0n) is 8.79. The fraction of sp³-hybridized carbons (Fsp3) is 0.889. The third-order valence-electron chi connectivity index (χ3n) is 1.41. The second kappa shape index (κ2) is 8.03. The number of carbonyl (C=O) groups excluding carboxylic acids is 1. The van der Waals surface area contributed by atoms with E-state index in [0.29, 0.717) is 19.8 Å². The Labute approximate surface area is 89.5 Å². The molecule has 0 radical (unpaired) electrons. The van der Waals surface area contributed by atoms with Gasteiger partial charge in [0.25, 0.3) is 0 Å². The Hall–Kier alpha value is -0.320. The van der Waals surface area contributed by atoms with Crippen LogP contribution < -0.4 is 0 Å². The maximum Gasteiger partial charge on any atom is 0.329 e. The van der Waals surface area contributed by atoms with Crippen LogP contribution in [-0.2, 0) is 19.0 Å².